The second-order valence-electron chi connectivity index (χ2n) is 6.64. The SMILES string of the molecule is O=C1C=C(c2ccc(Oc3ccc(C=CC(=O)c4ccccc4)cc3)cc2)C(=O)N1. The molecule has 0 fully saturated rings. The van der Waals surface area contributed by atoms with Crippen molar-refractivity contribution < 1.29 is 19.1 Å². The Bertz CT molecular complexity index is 1160. The molecule has 0 unspecified atom stereocenters. The number of hydrogen-bond acceptors (Lipinski definition) is 4. The highest BCUT2D eigenvalue weighted by Crippen LogP contribution is 2.25. The molecule has 0 radical (unpaired) electrons. The molecular formula is C25H17NO4. The lowest BCUT2D eigenvalue weighted by molar-refractivity contribution is -0.123. The van der Waals surface area contributed by atoms with Gasteiger partial charge in [-0.3, -0.25) is 19.7 Å². The van der Waals surface area contributed by atoms with Gasteiger partial charge in [0, 0.05) is 11.6 Å². The fourth-order valence-electron chi connectivity index (χ4n) is 2.98. The average Bonchev–Trinajstić information content (AvgIpc) is 3.12. The van der Waals surface area contributed by atoms with Crippen LogP contribution in [0.4, 0.5) is 0 Å². The van der Waals surface area contributed by atoms with Gasteiger partial charge in [-0.2, -0.15) is 0 Å². The maximum Gasteiger partial charge on any atom is 0.258 e. The molecule has 5 heteroatoms. The van der Waals surface area contributed by atoms with E-state index >= 15 is 0 Å². The molecule has 3 aromatic carbocycles. The van der Waals surface area contributed by atoms with Gasteiger partial charge in [0.2, 0.25) is 0 Å². The Morgan fingerprint density at radius 2 is 1.43 bits per heavy atom. The molecule has 1 aliphatic rings. The predicted octanol–water partition coefficient (Wildman–Crippen LogP) is 4.41. The number of imide groups is 1. The number of nitrogens with one attached hydrogen (secondary N) is 1. The van der Waals surface area contributed by atoms with Crippen molar-refractivity contribution in [2.45, 2.75) is 0 Å². The van der Waals surface area contributed by atoms with Crippen LogP contribution in [-0.2, 0) is 9.59 Å². The van der Waals surface area contributed by atoms with Gasteiger partial charge in [0.1, 0.15) is 11.5 Å². The molecule has 146 valence electrons. The summed E-state index contributed by atoms with van der Waals surface area (Å²) in [7, 11) is 0. The highest BCUT2D eigenvalue weighted by Gasteiger charge is 2.21. The number of allylic oxidation sites excluding steroid dienone is 1. The fraction of sp³-hybridized carbons (Fsp3) is 0. The summed E-state index contributed by atoms with van der Waals surface area (Å²) in [6, 6.07) is 23.4. The van der Waals surface area contributed by atoms with Crippen molar-refractivity contribution in [3.05, 3.63) is 108 Å². The van der Waals surface area contributed by atoms with Crippen molar-refractivity contribution in [2.75, 3.05) is 0 Å². The molecule has 0 saturated carbocycles. The molecule has 4 rings (SSSR count). The van der Waals surface area contributed by atoms with Crippen LogP contribution in [0.15, 0.2) is 91.0 Å². The van der Waals surface area contributed by atoms with E-state index in [1.807, 2.05) is 42.5 Å². The first-order valence-corrected chi connectivity index (χ1v) is 9.31. The van der Waals surface area contributed by atoms with E-state index in [-0.39, 0.29) is 5.78 Å². The maximum absolute atomic E-state index is 12.1. The van der Waals surface area contributed by atoms with Gasteiger partial charge in [-0.15, -0.1) is 0 Å². The average molecular weight is 395 g/mol. The van der Waals surface area contributed by atoms with Crippen LogP contribution in [0.1, 0.15) is 21.5 Å². The molecule has 0 saturated heterocycles. The monoisotopic (exact) mass is 395 g/mol. The maximum atomic E-state index is 12.1. The molecule has 3 aromatic rings. The zero-order valence-corrected chi connectivity index (χ0v) is 15.9. The van der Waals surface area contributed by atoms with E-state index in [9.17, 15) is 14.4 Å². The molecule has 0 bridgehead atoms. The summed E-state index contributed by atoms with van der Waals surface area (Å²) in [6.07, 6.45) is 4.59. The second kappa shape index (κ2) is 8.41. The summed E-state index contributed by atoms with van der Waals surface area (Å²) in [6.45, 7) is 0. The Hall–Kier alpha value is -4.25. The quantitative estimate of drug-likeness (QED) is 0.381. The van der Waals surface area contributed by atoms with Crippen LogP contribution in [0.5, 0.6) is 11.5 Å². The van der Waals surface area contributed by atoms with Crippen molar-refractivity contribution >= 4 is 29.2 Å². The fourth-order valence-corrected chi connectivity index (χ4v) is 2.98. The molecule has 5 nitrogen and oxygen atoms in total. The molecule has 0 aromatic heterocycles. The number of carbonyl (C=O) groups excluding carboxylic acids is 3. The number of ketones is 1. The van der Waals surface area contributed by atoms with E-state index in [0.717, 1.165) is 5.56 Å². The number of hydrogen-bond donors (Lipinski definition) is 1. The number of amides is 2. The summed E-state index contributed by atoms with van der Waals surface area (Å²) in [4.78, 5) is 35.1. The molecule has 2 amide bonds. The normalized spacial score (nSPS) is 13.3. The Morgan fingerprint density at radius 1 is 0.800 bits per heavy atom. The minimum atomic E-state index is -0.407. The molecule has 1 aliphatic heterocycles. The van der Waals surface area contributed by atoms with Crippen LogP contribution in [0, 0.1) is 0 Å². The van der Waals surface area contributed by atoms with E-state index < -0.39 is 11.8 Å². The molecule has 0 aliphatic carbocycles. The third kappa shape index (κ3) is 4.42. The van der Waals surface area contributed by atoms with Gasteiger partial charge in [-0.05, 0) is 41.5 Å². The van der Waals surface area contributed by atoms with Gasteiger partial charge < -0.3 is 4.74 Å². The van der Waals surface area contributed by atoms with Gasteiger partial charge in [0.15, 0.2) is 5.78 Å². The Labute approximate surface area is 173 Å². The smallest absolute Gasteiger partial charge is 0.258 e. The summed E-state index contributed by atoms with van der Waals surface area (Å²) >= 11 is 0. The number of rotatable bonds is 6. The van der Waals surface area contributed by atoms with Gasteiger partial charge in [-0.25, -0.2) is 0 Å². The predicted molar refractivity (Wildman–Crippen MR) is 114 cm³/mol. The lowest BCUT2D eigenvalue weighted by Gasteiger charge is -2.07. The molecule has 0 atom stereocenters. The zero-order chi connectivity index (χ0) is 20.9. The number of ether oxygens (including phenoxy) is 1. The first-order valence-electron chi connectivity index (χ1n) is 9.31. The Morgan fingerprint density at radius 3 is 2.03 bits per heavy atom. The summed E-state index contributed by atoms with van der Waals surface area (Å²) < 4.78 is 5.82. The minimum Gasteiger partial charge on any atom is -0.457 e. The van der Waals surface area contributed by atoms with E-state index in [1.165, 1.54) is 6.08 Å². The van der Waals surface area contributed by atoms with E-state index in [4.69, 9.17) is 4.74 Å². The molecule has 1 heterocycles. The van der Waals surface area contributed by atoms with Gasteiger partial charge in [-0.1, -0.05) is 60.7 Å². The molecular weight excluding hydrogens is 378 g/mol. The Balaban J connectivity index is 1.39. The van der Waals surface area contributed by atoms with Crippen LogP contribution in [0.2, 0.25) is 0 Å². The van der Waals surface area contributed by atoms with E-state index in [0.29, 0.717) is 28.2 Å². The van der Waals surface area contributed by atoms with E-state index in [1.54, 1.807) is 48.6 Å². The summed E-state index contributed by atoms with van der Waals surface area (Å²) in [5, 5.41) is 2.22. The lowest BCUT2D eigenvalue weighted by Crippen LogP contribution is -2.21. The van der Waals surface area contributed by atoms with E-state index in [2.05, 4.69) is 5.32 Å². The largest absolute Gasteiger partial charge is 0.457 e. The minimum absolute atomic E-state index is 0.0521. The van der Waals surface area contributed by atoms with Crippen molar-refractivity contribution in [3.8, 4) is 11.5 Å². The lowest BCUT2D eigenvalue weighted by atomic mass is 10.1. The van der Waals surface area contributed by atoms with Crippen LogP contribution in [0.3, 0.4) is 0 Å². The standard InChI is InChI=1S/C25H17NO4/c27-23(19-4-2-1-3-5-19)15-8-17-6-11-20(12-7-17)30-21-13-9-18(10-14-21)22-16-24(28)26-25(22)29/h1-16H,(H,26,28,29). The number of carbonyl (C=O) groups is 3. The first-order chi connectivity index (χ1) is 14.6. The van der Waals surface area contributed by atoms with Crippen molar-refractivity contribution in [3.63, 3.8) is 0 Å². The van der Waals surface area contributed by atoms with Crippen LogP contribution < -0.4 is 10.1 Å². The summed E-state index contributed by atoms with van der Waals surface area (Å²) in [5.41, 5.74) is 2.51. The molecule has 30 heavy (non-hydrogen) atoms. The third-order valence-electron chi connectivity index (χ3n) is 4.52. The molecule has 1 N–H and O–H groups in total. The van der Waals surface area contributed by atoms with Crippen molar-refractivity contribution in [1.29, 1.82) is 0 Å². The summed E-state index contributed by atoms with van der Waals surface area (Å²) in [5.74, 6) is 0.385. The van der Waals surface area contributed by atoms with Crippen LogP contribution in [0.25, 0.3) is 11.6 Å². The van der Waals surface area contributed by atoms with Crippen molar-refractivity contribution in [1.82, 2.24) is 5.32 Å². The van der Waals surface area contributed by atoms with Crippen LogP contribution >= 0.6 is 0 Å². The third-order valence-corrected chi connectivity index (χ3v) is 4.52. The van der Waals surface area contributed by atoms with Gasteiger partial charge in [0.25, 0.3) is 11.8 Å². The Kier molecular flexibility index (Phi) is 5.35. The topological polar surface area (TPSA) is 72.5 Å². The van der Waals surface area contributed by atoms with Gasteiger partial charge >= 0.3 is 0 Å². The highest BCUT2D eigenvalue weighted by molar-refractivity contribution is 6.33. The molecule has 0 spiro atoms. The zero-order valence-electron chi connectivity index (χ0n) is 15.9. The number of benzene rings is 3. The first kappa shape index (κ1) is 19.1. The van der Waals surface area contributed by atoms with Gasteiger partial charge in [0.05, 0.1) is 5.57 Å². The van der Waals surface area contributed by atoms with Crippen LogP contribution in [-0.4, -0.2) is 17.6 Å². The van der Waals surface area contributed by atoms with Crippen molar-refractivity contribution in [2.24, 2.45) is 0 Å². The highest BCUT2D eigenvalue weighted by atomic mass is 16.5. The second-order valence-corrected chi connectivity index (χ2v) is 6.64.